The summed E-state index contributed by atoms with van der Waals surface area (Å²) in [7, 11) is 0. The maximum absolute atomic E-state index is 12.1. The molecule has 0 saturated heterocycles. The van der Waals surface area contributed by atoms with Crippen molar-refractivity contribution in [1.82, 2.24) is 15.5 Å². The Labute approximate surface area is 114 Å². The highest BCUT2D eigenvalue weighted by Crippen LogP contribution is 2.23. The van der Waals surface area contributed by atoms with Crippen LogP contribution in [0.25, 0.3) is 0 Å². The number of benzene rings is 1. The van der Waals surface area contributed by atoms with Crippen molar-refractivity contribution in [3.05, 3.63) is 47.8 Å². The lowest BCUT2D eigenvalue weighted by Crippen LogP contribution is -2.19. The summed E-state index contributed by atoms with van der Waals surface area (Å²) < 4.78 is 40.3. The molecule has 2 aromatic rings. The van der Waals surface area contributed by atoms with Crippen molar-refractivity contribution >= 4 is 0 Å². The summed E-state index contributed by atoms with van der Waals surface area (Å²) >= 11 is 0. The predicted octanol–water partition coefficient (Wildman–Crippen LogP) is 3.16. The maximum atomic E-state index is 12.1. The fourth-order valence-electron chi connectivity index (χ4n) is 1.74. The van der Waals surface area contributed by atoms with E-state index in [1.54, 1.807) is 18.5 Å². The number of halogens is 3. The van der Waals surface area contributed by atoms with Crippen LogP contribution in [0.3, 0.4) is 0 Å². The second-order valence-electron chi connectivity index (χ2n) is 4.33. The average Bonchev–Trinajstić information content (AvgIpc) is 2.88. The van der Waals surface area contributed by atoms with Crippen molar-refractivity contribution in [2.75, 3.05) is 0 Å². The molecule has 1 unspecified atom stereocenters. The van der Waals surface area contributed by atoms with Crippen molar-refractivity contribution < 1.29 is 17.9 Å². The fourth-order valence-corrected chi connectivity index (χ4v) is 1.74. The van der Waals surface area contributed by atoms with Crippen molar-refractivity contribution in [1.29, 1.82) is 0 Å². The van der Waals surface area contributed by atoms with E-state index in [0.29, 0.717) is 12.1 Å². The molecule has 0 amide bonds. The molecule has 0 aliphatic carbocycles. The molecule has 20 heavy (non-hydrogen) atoms. The summed E-state index contributed by atoms with van der Waals surface area (Å²) in [4.78, 5) is 0. The normalized spacial score (nSPS) is 13.2. The van der Waals surface area contributed by atoms with E-state index < -0.39 is 6.36 Å². The van der Waals surface area contributed by atoms with Crippen LogP contribution in [0.5, 0.6) is 5.75 Å². The summed E-state index contributed by atoms with van der Waals surface area (Å²) in [5.41, 5.74) is 1.69. The number of rotatable bonds is 5. The van der Waals surface area contributed by atoms with Crippen molar-refractivity contribution in [3.8, 4) is 5.75 Å². The Morgan fingerprint density at radius 1 is 1.40 bits per heavy atom. The van der Waals surface area contributed by atoms with Gasteiger partial charge in [0.2, 0.25) is 0 Å². The van der Waals surface area contributed by atoms with Gasteiger partial charge in [-0.15, -0.1) is 13.2 Å². The van der Waals surface area contributed by atoms with Gasteiger partial charge in [-0.1, -0.05) is 12.1 Å². The number of ether oxygens (including phenoxy) is 1. The number of hydrogen-bond acceptors (Lipinski definition) is 3. The molecular weight excluding hydrogens is 271 g/mol. The Morgan fingerprint density at radius 3 is 2.85 bits per heavy atom. The highest BCUT2D eigenvalue weighted by molar-refractivity contribution is 5.28. The second kappa shape index (κ2) is 5.96. The quantitative estimate of drug-likeness (QED) is 0.887. The molecule has 2 N–H and O–H groups in total. The van der Waals surface area contributed by atoms with E-state index in [9.17, 15) is 13.2 Å². The minimum absolute atomic E-state index is 0.0425. The number of hydrogen-bond donors (Lipinski definition) is 2. The fraction of sp³-hybridized carbons (Fsp3) is 0.308. The van der Waals surface area contributed by atoms with Gasteiger partial charge in [0.15, 0.2) is 0 Å². The van der Waals surface area contributed by atoms with Gasteiger partial charge in [-0.3, -0.25) is 5.10 Å². The first kappa shape index (κ1) is 14.4. The Hall–Kier alpha value is -2.02. The third-order valence-corrected chi connectivity index (χ3v) is 2.76. The van der Waals surface area contributed by atoms with E-state index in [0.717, 1.165) is 5.56 Å². The lowest BCUT2D eigenvalue weighted by atomic mass is 10.1. The third-order valence-electron chi connectivity index (χ3n) is 2.76. The zero-order valence-corrected chi connectivity index (χ0v) is 10.7. The number of nitrogens with zero attached hydrogens (tertiary/aromatic N) is 1. The van der Waals surface area contributed by atoms with Crippen LogP contribution in [0.4, 0.5) is 13.2 Å². The SMILES string of the molecule is CC(NCc1cccc(OC(F)(F)F)c1)c1cn[nH]c1. The molecule has 1 aromatic carbocycles. The van der Waals surface area contributed by atoms with Gasteiger partial charge in [0.1, 0.15) is 5.75 Å². The van der Waals surface area contributed by atoms with Gasteiger partial charge in [-0.25, -0.2) is 0 Å². The molecule has 1 heterocycles. The summed E-state index contributed by atoms with van der Waals surface area (Å²) in [5.74, 6) is -0.215. The Kier molecular flexibility index (Phi) is 4.29. The average molecular weight is 285 g/mol. The predicted molar refractivity (Wildman–Crippen MR) is 67.0 cm³/mol. The van der Waals surface area contributed by atoms with Gasteiger partial charge in [-0.05, 0) is 24.6 Å². The number of H-pyrrole nitrogens is 1. The van der Waals surface area contributed by atoms with E-state index in [2.05, 4.69) is 20.3 Å². The zero-order valence-electron chi connectivity index (χ0n) is 10.7. The molecule has 7 heteroatoms. The molecule has 0 spiro atoms. The molecule has 0 saturated carbocycles. The minimum atomic E-state index is -4.67. The summed E-state index contributed by atoms with van der Waals surface area (Å²) in [6, 6.07) is 5.94. The molecule has 0 aliphatic heterocycles. The van der Waals surface area contributed by atoms with Crippen LogP contribution in [0.2, 0.25) is 0 Å². The highest BCUT2D eigenvalue weighted by Gasteiger charge is 2.31. The molecule has 0 fully saturated rings. The minimum Gasteiger partial charge on any atom is -0.406 e. The van der Waals surface area contributed by atoms with Crippen LogP contribution in [0, 0.1) is 0 Å². The number of nitrogens with one attached hydrogen (secondary N) is 2. The molecule has 2 rings (SSSR count). The Morgan fingerprint density at radius 2 is 2.20 bits per heavy atom. The molecule has 1 atom stereocenters. The van der Waals surface area contributed by atoms with Crippen LogP contribution >= 0.6 is 0 Å². The monoisotopic (exact) mass is 285 g/mol. The first-order chi connectivity index (χ1) is 9.44. The van der Waals surface area contributed by atoms with Crippen LogP contribution in [-0.4, -0.2) is 16.6 Å². The zero-order chi connectivity index (χ0) is 14.6. The number of alkyl halides is 3. The van der Waals surface area contributed by atoms with E-state index in [1.165, 1.54) is 18.2 Å². The summed E-state index contributed by atoms with van der Waals surface area (Å²) in [6.45, 7) is 2.38. The van der Waals surface area contributed by atoms with Gasteiger partial charge < -0.3 is 10.1 Å². The van der Waals surface area contributed by atoms with Crippen LogP contribution < -0.4 is 10.1 Å². The molecule has 108 valence electrons. The largest absolute Gasteiger partial charge is 0.573 e. The molecule has 0 radical (unpaired) electrons. The van der Waals surface area contributed by atoms with Crippen molar-refractivity contribution in [2.45, 2.75) is 25.9 Å². The van der Waals surface area contributed by atoms with Crippen LogP contribution in [0.1, 0.15) is 24.1 Å². The van der Waals surface area contributed by atoms with E-state index in [-0.39, 0.29) is 11.8 Å². The third kappa shape index (κ3) is 4.27. The molecule has 0 bridgehead atoms. The smallest absolute Gasteiger partial charge is 0.406 e. The van der Waals surface area contributed by atoms with Gasteiger partial charge in [0.25, 0.3) is 0 Å². The Balaban J connectivity index is 1.94. The summed E-state index contributed by atoms with van der Waals surface area (Å²) in [6.07, 6.45) is -1.21. The Bertz CT molecular complexity index is 540. The molecular formula is C13H14F3N3O. The number of aromatic amines is 1. The lowest BCUT2D eigenvalue weighted by Gasteiger charge is -2.13. The summed E-state index contributed by atoms with van der Waals surface area (Å²) in [5, 5.41) is 9.75. The van der Waals surface area contributed by atoms with Gasteiger partial charge in [-0.2, -0.15) is 5.10 Å². The number of aromatic nitrogens is 2. The van der Waals surface area contributed by atoms with Crippen molar-refractivity contribution in [2.24, 2.45) is 0 Å². The maximum Gasteiger partial charge on any atom is 0.573 e. The van der Waals surface area contributed by atoms with Crippen LogP contribution in [-0.2, 0) is 6.54 Å². The lowest BCUT2D eigenvalue weighted by molar-refractivity contribution is -0.274. The highest BCUT2D eigenvalue weighted by atomic mass is 19.4. The molecule has 4 nitrogen and oxygen atoms in total. The van der Waals surface area contributed by atoms with E-state index in [4.69, 9.17) is 0 Å². The van der Waals surface area contributed by atoms with Gasteiger partial charge in [0, 0.05) is 24.3 Å². The molecule has 1 aromatic heterocycles. The van der Waals surface area contributed by atoms with Crippen LogP contribution in [0.15, 0.2) is 36.7 Å². The van der Waals surface area contributed by atoms with E-state index in [1.807, 2.05) is 6.92 Å². The first-order valence-corrected chi connectivity index (χ1v) is 6.01. The van der Waals surface area contributed by atoms with E-state index >= 15 is 0 Å². The first-order valence-electron chi connectivity index (χ1n) is 6.01. The van der Waals surface area contributed by atoms with Crippen molar-refractivity contribution in [3.63, 3.8) is 0 Å². The molecule has 0 aliphatic rings. The topological polar surface area (TPSA) is 49.9 Å². The standard InChI is InChI=1S/C13H14F3N3O/c1-9(11-7-18-19-8-11)17-6-10-3-2-4-12(5-10)20-13(14,15)16/h2-5,7-9,17H,6H2,1H3,(H,18,19). The van der Waals surface area contributed by atoms with Gasteiger partial charge >= 0.3 is 6.36 Å². The van der Waals surface area contributed by atoms with Gasteiger partial charge in [0.05, 0.1) is 6.20 Å². The second-order valence-corrected chi connectivity index (χ2v) is 4.33.